The molecule has 0 aliphatic rings. The first-order valence-electron chi connectivity index (χ1n) is 6.22. The molecule has 0 amide bonds. The summed E-state index contributed by atoms with van der Waals surface area (Å²) < 4.78 is 7.06. The van der Waals surface area contributed by atoms with Crippen molar-refractivity contribution in [3.63, 3.8) is 0 Å². The minimum absolute atomic E-state index is 0.715. The van der Waals surface area contributed by atoms with E-state index in [0.717, 1.165) is 22.7 Å². The number of hydrogen-bond acceptors (Lipinski definition) is 2. The summed E-state index contributed by atoms with van der Waals surface area (Å²) in [6.07, 6.45) is 1.79. The van der Waals surface area contributed by atoms with Crippen LogP contribution in [0.1, 0.15) is 0 Å². The van der Waals surface area contributed by atoms with Crippen LogP contribution in [0.5, 0.6) is 5.75 Å². The van der Waals surface area contributed by atoms with Crippen LogP contribution in [0, 0.1) is 0 Å². The minimum Gasteiger partial charge on any atom is -0.497 e. The van der Waals surface area contributed by atoms with E-state index in [1.165, 1.54) is 0 Å². The van der Waals surface area contributed by atoms with Crippen molar-refractivity contribution in [2.24, 2.45) is 0 Å². The van der Waals surface area contributed by atoms with Gasteiger partial charge in [-0.25, -0.2) is 4.68 Å². The maximum absolute atomic E-state index is 5.92. The average Bonchev–Trinajstić information content (AvgIpc) is 2.97. The molecule has 0 radical (unpaired) electrons. The second-order valence-corrected chi connectivity index (χ2v) is 4.77. The van der Waals surface area contributed by atoms with Gasteiger partial charge in [0, 0.05) is 10.6 Å². The lowest BCUT2D eigenvalue weighted by Gasteiger charge is -2.08. The van der Waals surface area contributed by atoms with Crippen LogP contribution in [0.4, 0.5) is 0 Å². The van der Waals surface area contributed by atoms with Gasteiger partial charge in [0.1, 0.15) is 5.75 Å². The van der Waals surface area contributed by atoms with Gasteiger partial charge in [0.15, 0.2) is 0 Å². The first kappa shape index (κ1) is 12.8. The Morgan fingerprint density at radius 3 is 2.30 bits per heavy atom. The third-order valence-corrected chi connectivity index (χ3v) is 3.35. The number of methoxy groups -OCH3 is 1. The van der Waals surface area contributed by atoms with Crippen molar-refractivity contribution in [2.45, 2.75) is 0 Å². The first-order chi connectivity index (χ1) is 9.78. The smallest absolute Gasteiger partial charge is 0.118 e. The molecule has 0 aliphatic heterocycles. The molecule has 0 saturated heterocycles. The van der Waals surface area contributed by atoms with Crippen LogP contribution in [-0.2, 0) is 0 Å². The van der Waals surface area contributed by atoms with Crippen molar-refractivity contribution in [2.75, 3.05) is 7.11 Å². The maximum atomic E-state index is 5.92. The lowest BCUT2D eigenvalue weighted by atomic mass is 10.1. The molecule has 0 unspecified atom stereocenters. The monoisotopic (exact) mass is 284 g/mol. The highest BCUT2D eigenvalue weighted by Crippen LogP contribution is 2.25. The Morgan fingerprint density at radius 1 is 0.950 bits per heavy atom. The van der Waals surface area contributed by atoms with Crippen molar-refractivity contribution >= 4 is 11.6 Å². The third-order valence-electron chi connectivity index (χ3n) is 3.10. The summed E-state index contributed by atoms with van der Waals surface area (Å²) in [6.45, 7) is 0. The van der Waals surface area contributed by atoms with Crippen LogP contribution in [0.15, 0.2) is 60.8 Å². The highest BCUT2D eigenvalue weighted by atomic mass is 35.5. The Hall–Kier alpha value is -2.26. The molecule has 1 aromatic heterocycles. The Bertz CT molecular complexity index is 702. The topological polar surface area (TPSA) is 27.1 Å². The van der Waals surface area contributed by atoms with Gasteiger partial charge in [0.25, 0.3) is 0 Å². The summed E-state index contributed by atoms with van der Waals surface area (Å²) in [5.41, 5.74) is 3.08. The summed E-state index contributed by atoms with van der Waals surface area (Å²) in [5.74, 6) is 0.839. The fraction of sp³-hybridized carbons (Fsp3) is 0.0625. The molecule has 100 valence electrons. The number of rotatable bonds is 3. The number of benzene rings is 2. The molecule has 2 aromatic carbocycles. The average molecular weight is 285 g/mol. The van der Waals surface area contributed by atoms with Crippen LogP contribution in [-0.4, -0.2) is 16.9 Å². The van der Waals surface area contributed by atoms with E-state index in [1.807, 2.05) is 59.3 Å². The molecule has 0 bridgehead atoms. The van der Waals surface area contributed by atoms with Crippen LogP contribution in [0.25, 0.3) is 16.9 Å². The second kappa shape index (κ2) is 5.39. The van der Waals surface area contributed by atoms with Crippen molar-refractivity contribution in [3.05, 3.63) is 65.8 Å². The summed E-state index contributed by atoms with van der Waals surface area (Å²) in [6, 6.07) is 17.5. The number of hydrogen-bond donors (Lipinski definition) is 0. The number of ether oxygens (including phenoxy) is 1. The molecule has 0 aliphatic carbocycles. The van der Waals surface area contributed by atoms with Crippen LogP contribution in [0.3, 0.4) is 0 Å². The van der Waals surface area contributed by atoms with E-state index in [2.05, 4.69) is 5.10 Å². The molecule has 0 saturated carbocycles. The van der Waals surface area contributed by atoms with Crippen molar-refractivity contribution in [3.8, 4) is 22.7 Å². The molecular formula is C16H13ClN2O. The molecule has 20 heavy (non-hydrogen) atoms. The van der Waals surface area contributed by atoms with Crippen molar-refractivity contribution < 1.29 is 4.74 Å². The highest BCUT2D eigenvalue weighted by Gasteiger charge is 2.07. The van der Waals surface area contributed by atoms with Crippen LogP contribution < -0.4 is 4.74 Å². The molecule has 0 atom stereocenters. The molecule has 3 rings (SSSR count). The van der Waals surface area contributed by atoms with E-state index in [1.54, 1.807) is 13.3 Å². The predicted octanol–water partition coefficient (Wildman–Crippen LogP) is 4.20. The second-order valence-electron chi connectivity index (χ2n) is 4.33. The molecule has 0 fully saturated rings. The van der Waals surface area contributed by atoms with E-state index in [-0.39, 0.29) is 0 Å². The fourth-order valence-corrected chi connectivity index (χ4v) is 2.20. The minimum atomic E-state index is 0.715. The molecule has 3 nitrogen and oxygen atoms in total. The van der Waals surface area contributed by atoms with Crippen LogP contribution >= 0.6 is 11.6 Å². The Balaban J connectivity index is 2.02. The SMILES string of the molecule is COc1ccc(-c2ccnn2-c2ccc(Cl)cc2)cc1. The van der Waals surface area contributed by atoms with Gasteiger partial charge in [-0.05, 0) is 54.6 Å². The molecule has 3 aromatic rings. The fourth-order valence-electron chi connectivity index (χ4n) is 2.07. The number of halogens is 1. The number of nitrogens with zero attached hydrogens (tertiary/aromatic N) is 2. The van der Waals surface area contributed by atoms with Crippen molar-refractivity contribution in [1.82, 2.24) is 9.78 Å². The van der Waals surface area contributed by atoms with Crippen LogP contribution in [0.2, 0.25) is 5.02 Å². The van der Waals surface area contributed by atoms with Gasteiger partial charge in [0.05, 0.1) is 24.7 Å². The molecule has 0 spiro atoms. The van der Waals surface area contributed by atoms with Gasteiger partial charge in [0.2, 0.25) is 0 Å². The molecule has 1 heterocycles. The van der Waals surface area contributed by atoms with E-state index < -0.39 is 0 Å². The molecule has 0 N–H and O–H groups in total. The Morgan fingerprint density at radius 2 is 1.65 bits per heavy atom. The van der Waals surface area contributed by atoms with E-state index >= 15 is 0 Å². The molecule has 4 heteroatoms. The van der Waals surface area contributed by atoms with Gasteiger partial charge in [-0.3, -0.25) is 0 Å². The summed E-state index contributed by atoms with van der Waals surface area (Å²) >= 11 is 5.92. The third kappa shape index (κ3) is 2.40. The largest absolute Gasteiger partial charge is 0.497 e. The predicted molar refractivity (Wildman–Crippen MR) is 80.6 cm³/mol. The maximum Gasteiger partial charge on any atom is 0.118 e. The lowest BCUT2D eigenvalue weighted by molar-refractivity contribution is 0.415. The zero-order valence-electron chi connectivity index (χ0n) is 11.0. The lowest BCUT2D eigenvalue weighted by Crippen LogP contribution is -1.98. The first-order valence-corrected chi connectivity index (χ1v) is 6.60. The standard InChI is InChI=1S/C16H13ClN2O/c1-20-15-8-2-12(3-9-15)16-10-11-18-19(16)14-6-4-13(17)5-7-14/h2-11H,1H3. The van der Waals surface area contributed by atoms with Gasteiger partial charge in [-0.1, -0.05) is 11.6 Å². The highest BCUT2D eigenvalue weighted by molar-refractivity contribution is 6.30. The summed E-state index contributed by atoms with van der Waals surface area (Å²) in [4.78, 5) is 0. The summed E-state index contributed by atoms with van der Waals surface area (Å²) in [5, 5.41) is 5.09. The zero-order chi connectivity index (χ0) is 13.9. The zero-order valence-corrected chi connectivity index (χ0v) is 11.7. The van der Waals surface area contributed by atoms with Gasteiger partial charge in [-0.15, -0.1) is 0 Å². The van der Waals surface area contributed by atoms with Crippen molar-refractivity contribution in [1.29, 1.82) is 0 Å². The quantitative estimate of drug-likeness (QED) is 0.721. The Labute approximate surface area is 122 Å². The van der Waals surface area contributed by atoms with Gasteiger partial charge < -0.3 is 4.74 Å². The summed E-state index contributed by atoms with van der Waals surface area (Å²) in [7, 11) is 1.66. The Kier molecular flexibility index (Phi) is 3.44. The van der Waals surface area contributed by atoms with Gasteiger partial charge >= 0.3 is 0 Å². The normalized spacial score (nSPS) is 10.5. The molecular weight excluding hydrogens is 272 g/mol. The van der Waals surface area contributed by atoms with E-state index in [9.17, 15) is 0 Å². The van der Waals surface area contributed by atoms with E-state index in [4.69, 9.17) is 16.3 Å². The van der Waals surface area contributed by atoms with Gasteiger partial charge in [-0.2, -0.15) is 5.10 Å². The van der Waals surface area contributed by atoms with E-state index in [0.29, 0.717) is 5.02 Å². The number of aromatic nitrogens is 2.